The van der Waals surface area contributed by atoms with Crippen molar-refractivity contribution in [3.63, 3.8) is 0 Å². The van der Waals surface area contributed by atoms with E-state index in [-0.39, 0.29) is 39.4 Å². The van der Waals surface area contributed by atoms with Crippen molar-refractivity contribution in [3.05, 3.63) is 46.1 Å². The first-order chi connectivity index (χ1) is 15.6. The van der Waals surface area contributed by atoms with E-state index in [1.54, 1.807) is 0 Å². The van der Waals surface area contributed by atoms with Crippen LogP contribution in [0.1, 0.15) is 5.56 Å². The van der Waals surface area contributed by atoms with Gasteiger partial charge in [0.05, 0.1) is 6.61 Å². The molecule has 0 saturated carbocycles. The molecule has 33 heavy (non-hydrogen) atoms. The molecule has 176 valence electrons. The van der Waals surface area contributed by atoms with Gasteiger partial charge in [0.1, 0.15) is 52.6 Å². The van der Waals surface area contributed by atoms with Crippen molar-refractivity contribution in [1.82, 2.24) is 0 Å². The molecular formula is C22H22O11. The minimum absolute atomic E-state index is 0.0372. The van der Waals surface area contributed by atoms with Gasteiger partial charge in [0.15, 0.2) is 5.76 Å². The molecule has 3 aromatic rings. The molecule has 7 N–H and O–H groups in total. The van der Waals surface area contributed by atoms with Gasteiger partial charge in [-0.1, -0.05) is 0 Å². The van der Waals surface area contributed by atoms with Crippen molar-refractivity contribution in [2.24, 2.45) is 0 Å². The summed E-state index contributed by atoms with van der Waals surface area (Å²) in [5.41, 5.74) is -0.743. The van der Waals surface area contributed by atoms with Crippen LogP contribution in [0.3, 0.4) is 0 Å². The summed E-state index contributed by atoms with van der Waals surface area (Å²) in [6, 6.07) is 6.73. The third-order valence-electron chi connectivity index (χ3n) is 5.56. The summed E-state index contributed by atoms with van der Waals surface area (Å²) in [4.78, 5) is 12.8. The van der Waals surface area contributed by atoms with Crippen LogP contribution in [-0.4, -0.2) is 73.1 Å². The fourth-order valence-corrected chi connectivity index (χ4v) is 3.62. The number of hydrogen-bond acceptors (Lipinski definition) is 11. The van der Waals surface area contributed by atoms with Crippen molar-refractivity contribution in [2.45, 2.75) is 37.6 Å². The van der Waals surface area contributed by atoms with Crippen LogP contribution in [0.2, 0.25) is 0 Å². The van der Waals surface area contributed by atoms with Crippen LogP contribution in [0, 0.1) is 6.92 Å². The first-order valence-electron chi connectivity index (χ1n) is 9.93. The molecule has 4 rings (SSSR count). The maximum atomic E-state index is 12.8. The van der Waals surface area contributed by atoms with Gasteiger partial charge in [-0.15, -0.1) is 0 Å². The Kier molecular flexibility index (Phi) is 5.91. The molecule has 1 aromatic heterocycles. The topological polar surface area (TPSA) is 190 Å². The molecule has 0 radical (unpaired) electrons. The van der Waals surface area contributed by atoms with Crippen LogP contribution in [0.5, 0.6) is 23.0 Å². The fraction of sp³-hybridized carbons (Fsp3) is 0.318. The standard InChI is InChI=1S/C22H22O11/c1-8-11(32-22-20(30)18(28)16(26)13(7-23)33-22)6-12-14(15(8)25)17(27)19(29)21(31-12)9-2-4-10(24)5-3-9/h2-6,13,16,18,20,22-26,28-30H,7H2,1H3. The molecular weight excluding hydrogens is 440 g/mol. The number of phenolic OH excluding ortho intramolecular Hbond substituents is 2. The number of aliphatic hydroxyl groups is 4. The van der Waals surface area contributed by atoms with Crippen LogP contribution >= 0.6 is 0 Å². The van der Waals surface area contributed by atoms with Crippen molar-refractivity contribution in [3.8, 4) is 34.3 Å². The third kappa shape index (κ3) is 3.86. The smallest absolute Gasteiger partial charge is 0.238 e. The summed E-state index contributed by atoms with van der Waals surface area (Å²) in [7, 11) is 0. The van der Waals surface area contributed by atoms with Crippen molar-refractivity contribution in [1.29, 1.82) is 0 Å². The Labute approximate surface area is 185 Å². The van der Waals surface area contributed by atoms with E-state index in [2.05, 4.69) is 0 Å². The first-order valence-corrected chi connectivity index (χ1v) is 9.93. The lowest BCUT2D eigenvalue weighted by molar-refractivity contribution is -0.277. The number of ether oxygens (including phenoxy) is 2. The number of benzene rings is 2. The van der Waals surface area contributed by atoms with E-state index in [1.165, 1.54) is 37.3 Å². The molecule has 1 aliphatic rings. The zero-order chi connectivity index (χ0) is 24.0. The van der Waals surface area contributed by atoms with Crippen LogP contribution in [0.4, 0.5) is 0 Å². The SMILES string of the molecule is Cc1c(OC2OC(CO)C(O)C(O)C2O)cc2oc(-c3ccc(O)cc3)c(O)c(=O)c2c1O. The lowest BCUT2D eigenvalue weighted by Crippen LogP contribution is -2.60. The highest BCUT2D eigenvalue weighted by molar-refractivity contribution is 5.89. The normalized spacial score (nSPS) is 25.3. The van der Waals surface area contributed by atoms with Crippen molar-refractivity contribution < 1.29 is 49.6 Å². The molecule has 1 aliphatic heterocycles. The Hall–Kier alpha value is -3.35. The Morgan fingerprint density at radius 2 is 1.64 bits per heavy atom. The number of aromatic hydroxyl groups is 3. The quantitative estimate of drug-likeness (QED) is 0.278. The van der Waals surface area contributed by atoms with E-state index >= 15 is 0 Å². The molecule has 0 spiro atoms. The average Bonchev–Trinajstić information content (AvgIpc) is 2.80. The molecule has 0 aliphatic carbocycles. The second kappa shape index (κ2) is 8.54. The van der Waals surface area contributed by atoms with Gasteiger partial charge in [0, 0.05) is 17.2 Å². The minimum atomic E-state index is -1.69. The fourth-order valence-electron chi connectivity index (χ4n) is 3.62. The molecule has 2 heterocycles. The van der Waals surface area contributed by atoms with Crippen LogP contribution in [0.15, 0.2) is 39.5 Å². The summed E-state index contributed by atoms with van der Waals surface area (Å²) < 4.78 is 16.6. The summed E-state index contributed by atoms with van der Waals surface area (Å²) in [5, 5.41) is 69.6. The monoisotopic (exact) mass is 462 g/mol. The Morgan fingerprint density at radius 3 is 2.27 bits per heavy atom. The number of fused-ring (bicyclic) bond motifs is 1. The molecule has 1 saturated heterocycles. The minimum Gasteiger partial charge on any atom is -0.508 e. The lowest BCUT2D eigenvalue weighted by atomic mass is 9.99. The molecule has 11 heteroatoms. The zero-order valence-corrected chi connectivity index (χ0v) is 17.2. The highest BCUT2D eigenvalue weighted by Crippen LogP contribution is 2.39. The van der Waals surface area contributed by atoms with E-state index in [9.17, 15) is 40.5 Å². The Balaban J connectivity index is 1.80. The highest BCUT2D eigenvalue weighted by Gasteiger charge is 2.45. The van der Waals surface area contributed by atoms with Gasteiger partial charge in [-0.2, -0.15) is 0 Å². The summed E-state index contributed by atoms with van der Waals surface area (Å²) in [6.45, 7) is 0.745. The first kappa shape index (κ1) is 22.8. The van der Waals surface area contributed by atoms with Crippen molar-refractivity contribution in [2.75, 3.05) is 6.61 Å². The second-order valence-corrected chi connectivity index (χ2v) is 7.69. The van der Waals surface area contributed by atoms with Crippen LogP contribution < -0.4 is 10.2 Å². The van der Waals surface area contributed by atoms with Gasteiger partial charge in [0.25, 0.3) is 0 Å². The molecule has 0 amide bonds. The summed E-state index contributed by atoms with van der Waals surface area (Å²) in [6.07, 6.45) is -7.69. The molecule has 5 unspecified atom stereocenters. The van der Waals surface area contributed by atoms with Crippen LogP contribution in [0.25, 0.3) is 22.3 Å². The molecule has 11 nitrogen and oxygen atoms in total. The van der Waals surface area contributed by atoms with E-state index in [1.807, 2.05) is 0 Å². The highest BCUT2D eigenvalue weighted by atomic mass is 16.7. The molecule has 2 aromatic carbocycles. The maximum Gasteiger partial charge on any atom is 0.238 e. The van der Waals surface area contributed by atoms with Gasteiger partial charge in [0.2, 0.25) is 17.5 Å². The average molecular weight is 462 g/mol. The predicted octanol–water partition coefficient (Wildman–Crippen LogP) is 0.0639. The Morgan fingerprint density at radius 1 is 0.970 bits per heavy atom. The second-order valence-electron chi connectivity index (χ2n) is 7.69. The molecule has 0 bridgehead atoms. The van der Waals surface area contributed by atoms with Gasteiger partial charge < -0.3 is 49.6 Å². The number of phenols is 2. The molecule has 1 fully saturated rings. The predicted molar refractivity (Wildman–Crippen MR) is 112 cm³/mol. The summed E-state index contributed by atoms with van der Waals surface area (Å²) in [5.74, 6) is -1.63. The third-order valence-corrected chi connectivity index (χ3v) is 5.56. The number of hydrogen-bond donors (Lipinski definition) is 7. The van der Waals surface area contributed by atoms with Crippen molar-refractivity contribution >= 4 is 11.0 Å². The van der Waals surface area contributed by atoms with E-state index in [0.29, 0.717) is 0 Å². The zero-order valence-electron chi connectivity index (χ0n) is 17.2. The lowest BCUT2D eigenvalue weighted by Gasteiger charge is -2.39. The van der Waals surface area contributed by atoms with Gasteiger partial charge in [-0.25, -0.2) is 0 Å². The molecule has 5 atom stereocenters. The number of rotatable bonds is 4. The Bertz CT molecular complexity index is 1230. The van der Waals surface area contributed by atoms with Crippen LogP contribution in [-0.2, 0) is 4.74 Å². The summed E-state index contributed by atoms with van der Waals surface area (Å²) >= 11 is 0. The van der Waals surface area contributed by atoms with Gasteiger partial charge in [-0.3, -0.25) is 4.79 Å². The van der Waals surface area contributed by atoms with Gasteiger partial charge in [-0.05, 0) is 31.2 Å². The maximum absolute atomic E-state index is 12.8. The van der Waals surface area contributed by atoms with E-state index < -0.39 is 54.2 Å². The largest absolute Gasteiger partial charge is 0.508 e. The van der Waals surface area contributed by atoms with Gasteiger partial charge >= 0.3 is 0 Å². The van der Waals surface area contributed by atoms with E-state index in [4.69, 9.17) is 13.9 Å². The number of aliphatic hydroxyl groups excluding tert-OH is 4. The van der Waals surface area contributed by atoms with E-state index in [0.717, 1.165) is 0 Å².